The van der Waals surface area contributed by atoms with Gasteiger partial charge < -0.3 is 0 Å². The summed E-state index contributed by atoms with van der Waals surface area (Å²) in [5, 5.41) is 2.63. The highest BCUT2D eigenvalue weighted by Gasteiger charge is 2.38. The summed E-state index contributed by atoms with van der Waals surface area (Å²) < 4.78 is 0. The summed E-state index contributed by atoms with van der Waals surface area (Å²) in [5.41, 5.74) is 1.56. The van der Waals surface area contributed by atoms with Gasteiger partial charge in [-0.15, -0.1) is 5.06 Å². The van der Waals surface area contributed by atoms with Gasteiger partial charge in [0.15, 0.2) is 0 Å². The van der Waals surface area contributed by atoms with Crippen molar-refractivity contribution in [2.75, 3.05) is 0 Å². The van der Waals surface area contributed by atoms with Gasteiger partial charge in [0.25, 0.3) is 11.8 Å². The van der Waals surface area contributed by atoms with Crippen molar-refractivity contribution in [3.8, 4) is 11.8 Å². The van der Waals surface area contributed by atoms with Crippen molar-refractivity contribution in [2.24, 2.45) is 0 Å². The van der Waals surface area contributed by atoms with Crippen LogP contribution in [0.4, 0.5) is 0 Å². The molecule has 4 heteroatoms. The molecular formula is C22H15NO3. The Morgan fingerprint density at radius 3 is 1.96 bits per heavy atom. The van der Waals surface area contributed by atoms with Crippen LogP contribution >= 0.6 is 0 Å². The summed E-state index contributed by atoms with van der Waals surface area (Å²) >= 11 is 0. The van der Waals surface area contributed by atoms with Crippen molar-refractivity contribution in [3.05, 3.63) is 83.4 Å². The molecule has 4 rings (SSSR count). The molecule has 4 nitrogen and oxygen atoms in total. The largest absolute Gasteiger partial charge is 0.285 e. The molecule has 3 aromatic rings. The summed E-state index contributed by atoms with van der Waals surface area (Å²) in [6.45, 7) is 1.70. The lowest BCUT2D eigenvalue weighted by molar-refractivity contribution is -0.108. The lowest BCUT2D eigenvalue weighted by Crippen LogP contribution is -2.33. The lowest BCUT2D eigenvalue weighted by atomic mass is 10.0. The molecule has 0 saturated carbocycles. The first-order valence-electron chi connectivity index (χ1n) is 8.28. The topological polar surface area (TPSA) is 46.6 Å². The van der Waals surface area contributed by atoms with Crippen molar-refractivity contribution in [3.63, 3.8) is 0 Å². The minimum Gasteiger partial charge on any atom is -0.266 e. The first kappa shape index (κ1) is 16.1. The summed E-state index contributed by atoms with van der Waals surface area (Å²) in [7, 11) is 0. The van der Waals surface area contributed by atoms with Gasteiger partial charge in [0, 0.05) is 5.56 Å². The highest BCUT2D eigenvalue weighted by molar-refractivity contribution is 6.22. The number of carbonyl (C=O) groups excluding carboxylic acids is 2. The van der Waals surface area contributed by atoms with Gasteiger partial charge in [-0.25, -0.2) is 4.84 Å². The van der Waals surface area contributed by atoms with E-state index in [1.54, 1.807) is 19.1 Å². The molecule has 0 saturated heterocycles. The Kier molecular flexibility index (Phi) is 4.00. The molecule has 0 bridgehead atoms. The highest BCUT2D eigenvalue weighted by Crippen LogP contribution is 2.28. The first-order valence-corrected chi connectivity index (χ1v) is 8.28. The third-order valence-corrected chi connectivity index (χ3v) is 4.17. The van der Waals surface area contributed by atoms with Crippen molar-refractivity contribution >= 4 is 22.6 Å². The molecule has 1 atom stereocenters. The predicted molar refractivity (Wildman–Crippen MR) is 98.3 cm³/mol. The number of hydroxylamine groups is 2. The fraction of sp³-hybridized carbons (Fsp3) is 0.0909. The van der Waals surface area contributed by atoms with Crippen LogP contribution in [0.3, 0.4) is 0 Å². The number of carbonyl (C=O) groups is 2. The maximum absolute atomic E-state index is 12.6. The van der Waals surface area contributed by atoms with E-state index >= 15 is 0 Å². The van der Waals surface area contributed by atoms with Crippen LogP contribution in [0.5, 0.6) is 0 Å². The molecule has 0 spiro atoms. The van der Waals surface area contributed by atoms with Crippen LogP contribution < -0.4 is 0 Å². The Balaban J connectivity index is 1.58. The zero-order valence-corrected chi connectivity index (χ0v) is 14.1. The van der Waals surface area contributed by atoms with Gasteiger partial charge >= 0.3 is 0 Å². The molecule has 0 N–H and O–H groups in total. The smallest absolute Gasteiger partial charge is 0.266 e. The second-order valence-electron chi connectivity index (χ2n) is 6.03. The molecule has 0 aromatic heterocycles. The zero-order valence-electron chi connectivity index (χ0n) is 14.1. The molecule has 0 radical (unpaired) electrons. The molecule has 1 heterocycles. The summed E-state index contributed by atoms with van der Waals surface area (Å²) in [6.07, 6.45) is -0.605. The monoisotopic (exact) mass is 341 g/mol. The van der Waals surface area contributed by atoms with Crippen molar-refractivity contribution < 1.29 is 14.4 Å². The van der Waals surface area contributed by atoms with Gasteiger partial charge in [-0.2, -0.15) is 0 Å². The summed E-state index contributed by atoms with van der Waals surface area (Å²) in [4.78, 5) is 30.7. The Bertz CT molecular complexity index is 1020. The van der Waals surface area contributed by atoms with E-state index in [2.05, 4.69) is 11.8 Å². The number of imide groups is 1. The number of rotatable bonds is 2. The maximum atomic E-state index is 12.6. The van der Waals surface area contributed by atoms with Gasteiger partial charge in [0.05, 0.1) is 11.1 Å². The van der Waals surface area contributed by atoms with Gasteiger partial charge in [0.1, 0.15) is 6.10 Å². The maximum Gasteiger partial charge on any atom is 0.285 e. The van der Waals surface area contributed by atoms with E-state index in [1.165, 1.54) is 0 Å². The second-order valence-corrected chi connectivity index (χ2v) is 6.03. The quantitative estimate of drug-likeness (QED) is 0.526. The Hall–Kier alpha value is -3.42. The number of nitrogens with zero attached hydrogens (tertiary/aromatic N) is 1. The highest BCUT2D eigenvalue weighted by atomic mass is 16.7. The van der Waals surface area contributed by atoms with E-state index in [0.717, 1.165) is 21.4 Å². The molecule has 0 unspecified atom stereocenters. The van der Waals surface area contributed by atoms with Crippen LogP contribution in [0.25, 0.3) is 10.8 Å². The molecule has 1 aliphatic heterocycles. The summed E-state index contributed by atoms with van der Waals surface area (Å²) in [5.74, 6) is 4.97. The van der Waals surface area contributed by atoms with Crippen LogP contribution in [-0.2, 0) is 4.84 Å². The van der Waals surface area contributed by atoms with Gasteiger partial charge in [-0.1, -0.05) is 54.3 Å². The molecule has 2 amide bonds. The average molecular weight is 341 g/mol. The minimum absolute atomic E-state index is 0.358. The standard InChI is InChI=1S/C22H15NO3/c1-15(11-12-16-7-3-2-4-8-16)26-23-21(24)19-13-17-9-5-6-10-18(17)14-20(19)22(23)25/h2-10,13-15H,1H3/t15-/m0/s1. The van der Waals surface area contributed by atoms with Gasteiger partial charge in [-0.05, 0) is 42.0 Å². The van der Waals surface area contributed by atoms with Crippen LogP contribution in [-0.4, -0.2) is 23.0 Å². The fourth-order valence-electron chi connectivity index (χ4n) is 2.89. The zero-order chi connectivity index (χ0) is 18.1. The third-order valence-electron chi connectivity index (χ3n) is 4.17. The van der Waals surface area contributed by atoms with Crippen LogP contribution in [0.15, 0.2) is 66.7 Å². The van der Waals surface area contributed by atoms with Crippen LogP contribution in [0.1, 0.15) is 33.2 Å². The van der Waals surface area contributed by atoms with E-state index in [9.17, 15) is 9.59 Å². The van der Waals surface area contributed by atoms with E-state index in [1.807, 2.05) is 54.6 Å². The summed E-state index contributed by atoms with van der Waals surface area (Å²) in [6, 6.07) is 20.5. The molecular weight excluding hydrogens is 326 g/mol. The van der Waals surface area contributed by atoms with E-state index in [0.29, 0.717) is 11.1 Å². The van der Waals surface area contributed by atoms with Gasteiger partial charge in [-0.3, -0.25) is 9.59 Å². The number of benzene rings is 3. The van der Waals surface area contributed by atoms with Gasteiger partial charge in [0.2, 0.25) is 0 Å². The van der Waals surface area contributed by atoms with Crippen molar-refractivity contribution in [2.45, 2.75) is 13.0 Å². The van der Waals surface area contributed by atoms with Crippen LogP contribution in [0.2, 0.25) is 0 Å². The molecule has 0 fully saturated rings. The molecule has 1 aliphatic rings. The van der Waals surface area contributed by atoms with E-state index in [4.69, 9.17) is 4.84 Å². The first-order chi connectivity index (χ1) is 12.6. The SMILES string of the molecule is C[C@@H](C#Cc1ccccc1)ON1C(=O)c2cc3ccccc3cc2C1=O. The Labute approximate surface area is 151 Å². The van der Waals surface area contributed by atoms with E-state index in [-0.39, 0.29) is 0 Å². The number of amides is 2. The average Bonchev–Trinajstić information content (AvgIpc) is 2.90. The van der Waals surface area contributed by atoms with Crippen LogP contribution in [0, 0.1) is 11.8 Å². The minimum atomic E-state index is -0.605. The second kappa shape index (κ2) is 6.47. The number of fused-ring (bicyclic) bond motifs is 2. The number of hydrogen-bond donors (Lipinski definition) is 0. The fourth-order valence-corrected chi connectivity index (χ4v) is 2.89. The molecule has 0 aliphatic carbocycles. The third kappa shape index (κ3) is 2.85. The molecule has 26 heavy (non-hydrogen) atoms. The lowest BCUT2D eigenvalue weighted by Gasteiger charge is -2.15. The normalized spacial score (nSPS) is 14.1. The molecule has 3 aromatic carbocycles. The molecule has 126 valence electrons. The van der Waals surface area contributed by atoms with Crippen molar-refractivity contribution in [1.29, 1.82) is 0 Å². The van der Waals surface area contributed by atoms with E-state index < -0.39 is 17.9 Å². The predicted octanol–water partition coefficient (Wildman–Crippen LogP) is 3.81. The number of hydrogen-bond acceptors (Lipinski definition) is 3. The Morgan fingerprint density at radius 1 is 0.846 bits per heavy atom. The Morgan fingerprint density at radius 2 is 1.38 bits per heavy atom. The van der Waals surface area contributed by atoms with Crippen molar-refractivity contribution in [1.82, 2.24) is 5.06 Å².